The Morgan fingerprint density at radius 2 is 1.94 bits per heavy atom. The molecule has 1 saturated heterocycles. The maximum absolute atomic E-state index is 13.5. The zero-order valence-corrected chi connectivity index (χ0v) is 17.4. The van der Waals surface area contributed by atoms with E-state index < -0.39 is 33.6 Å². The molecule has 1 N–H and O–H groups in total. The smallest absolute Gasteiger partial charge is 0.419 e. The number of fused-ring (bicyclic) bond motifs is 1. The average Bonchev–Trinajstić information content (AvgIpc) is 3.11. The molecule has 1 aliphatic heterocycles. The second-order valence-electron chi connectivity index (χ2n) is 7.44. The SMILES string of the molecule is CN1CC[C@@H](Oc2cc(NS(=O)(=O)c3cccc4cccnc34)ccc2C(F)(F)F)C1. The quantitative estimate of drug-likeness (QED) is 0.632. The number of hydrogen-bond donors (Lipinski definition) is 1. The van der Waals surface area contributed by atoms with Crippen LogP contribution in [0.5, 0.6) is 5.75 Å². The van der Waals surface area contributed by atoms with Crippen LogP contribution in [0.3, 0.4) is 0 Å². The minimum Gasteiger partial charge on any atom is -0.488 e. The van der Waals surface area contributed by atoms with Gasteiger partial charge in [-0.3, -0.25) is 9.71 Å². The van der Waals surface area contributed by atoms with Crippen LogP contribution in [0.25, 0.3) is 10.9 Å². The van der Waals surface area contributed by atoms with E-state index in [4.69, 9.17) is 4.74 Å². The molecule has 3 aromatic rings. The van der Waals surface area contributed by atoms with Crippen LogP contribution in [-0.2, 0) is 16.2 Å². The third-order valence-electron chi connectivity index (χ3n) is 5.07. The van der Waals surface area contributed by atoms with Gasteiger partial charge in [0.15, 0.2) is 0 Å². The first kappa shape index (κ1) is 21.4. The summed E-state index contributed by atoms with van der Waals surface area (Å²) in [6, 6.07) is 11.1. The molecule has 0 bridgehead atoms. The van der Waals surface area contributed by atoms with Crippen molar-refractivity contribution in [2.24, 2.45) is 0 Å². The molecule has 1 aliphatic rings. The molecule has 1 aromatic heterocycles. The van der Waals surface area contributed by atoms with Crippen molar-refractivity contribution in [1.29, 1.82) is 0 Å². The van der Waals surface area contributed by atoms with Crippen molar-refractivity contribution in [2.45, 2.75) is 23.6 Å². The van der Waals surface area contributed by atoms with Crippen molar-refractivity contribution in [2.75, 3.05) is 24.9 Å². The lowest BCUT2D eigenvalue weighted by Crippen LogP contribution is -2.23. The summed E-state index contributed by atoms with van der Waals surface area (Å²) in [4.78, 5) is 6.02. The Hall–Kier alpha value is -2.85. The van der Waals surface area contributed by atoms with E-state index in [0.29, 0.717) is 24.9 Å². The fourth-order valence-corrected chi connectivity index (χ4v) is 4.82. The van der Waals surface area contributed by atoms with Crippen LogP contribution < -0.4 is 9.46 Å². The fourth-order valence-electron chi connectivity index (χ4n) is 3.59. The van der Waals surface area contributed by atoms with Gasteiger partial charge in [-0.25, -0.2) is 8.42 Å². The number of para-hydroxylation sites is 1. The Morgan fingerprint density at radius 3 is 2.65 bits per heavy atom. The van der Waals surface area contributed by atoms with Gasteiger partial charge in [-0.2, -0.15) is 13.2 Å². The second kappa shape index (κ2) is 8.01. The molecule has 0 amide bonds. The topological polar surface area (TPSA) is 71.5 Å². The summed E-state index contributed by atoms with van der Waals surface area (Å²) in [5.74, 6) is -0.399. The molecule has 164 valence electrons. The van der Waals surface area contributed by atoms with Crippen LogP contribution >= 0.6 is 0 Å². The van der Waals surface area contributed by atoms with Crippen LogP contribution in [0.4, 0.5) is 18.9 Å². The van der Waals surface area contributed by atoms with Gasteiger partial charge in [-0.15, -0.1) is 0 Å². The average molecular weight is 451 g/mol. The van der Waals surface area contributed by atoms with Gasteiger partial charge in [0.05, 0.1) is 16.8 Å². The van der Waals surface area contributed by atoms with E-state index in [2.05, 4.69) is 9.71 Å². The first-order valence-electron chi connectivity index (χ1n) is 9.56. The first-order valence-corrected chi connectivity index (χ1v) is 11.0. The molecular formula is C21H20F3N3O3S. The summed E-state index contributed by atoms with van der Waals surface area (Å²) in [7, 11) is -2.24. The van der Waals surface area contributed by atoms with E-state index in [-0.39, 0.29) is 16.1 Å². The number of nitrogens with zero attached hydrogens (tertiary/aromatic N) is 2. The molecule has 0 spiro atoms. The lowest BCUT2D eigenvalue weighted by Gasteiger charge is -2.19. The van der Waals surface area contributed by atoms with E-state index in [1.165, 1.54) is 12.3 Å². The molecular weight excluding hydrogens is 431 g/mol. The van der Waals surface area contributed by atoms with Crippen LogP contribution in [0, 0.1) is 0 Å². The first-order chi connectivity index (χ1) is 14.6. The van der Waals surface area contributed by atoms with Gasteiger partial charge in [0.25, 0.3) is 10.0 Å². The van der Waals surface area contributed by atoms with Gasteiger partial charge in [0.1, 0.15) is 16.7 Å². The minimum absolute atomic E-state index is 0.0257. The Kier molecular flexibility index (Phi) is 5.52. The van der Waals surface area contributed by atoms with E-state index in [9.17, 15) is 21.6 Å². The van der Waals surface area contributed by atoms with Crippen molar-refractivity contribution in [1.82, 2.24) is 9.88 Å². The molecule has 0 aliphatic carbocycles. The van der Waals surface area contributed by atoms with Gasteiger partial charge < -0.3 is 9.64 Å². The van der Waals surface area contributed by atoms with Crippen LogP contribution in [-0.4, -0.2) is 44.5 Å². The molecule has 1 atom stereocenters. The lowest BCUT2D eigenvalue weighted by atomic mass is 10.1. The van der Waals surface area contributed by atoms with Crippen molar-refractivity contribution in [3.8, 4) is 5.75 Å². The molecule has 31 heavy (non-hydrogen) atoms. The molecule has 0 saturated carbocycles. The van der Waals surface area contributed by atoms with Gasteiger partial charge in [-0.1, -0.05) is 18.2 Å². The van der Waals surface area contributed by atoms with Crippen molar-refractivity contribution in [3.63, 3.8) is 0 Å². The zero-order chi connectivity index (χ0) is 22.2. The standard InChI is InChI=1S/C21H20F3N3O3S/c1-27-11-9-16(13-27)30-18-12-15(7-8-17(18)21(22,23)24)26-31(28,29)19-6-2-4-14-5-3-10-25-20(14)19/h2-8,10,12,16,26H,9,11,13H2,1H3/t16-/m1/s1. The highest BCUT2D eigenvalue weighted by Crippen LogP contribution is 2.39. The van der Waals surface area contributed by atoms with Crippen LogP contribution in [0.15, 0.2) is 59.6 Å². The number of benzene rings is 2. The number of sulfonamides is 1. The maximum atomic E-state index is 13.5. The third kappa shape index (κ3) is 4.59. The monoisotopic (exact) mass is 451 g/mol. The predicted molar refractivity (Wildman–Crippen MR) is 111 cm³/mol. The number of ether oxygens (including phenoxy) is 1. The molecule has 2 aromatic carbocycles. The van der Waals surface area contributed by atoms with E-state index in [1.807, 2.05) is 11.9 Å². The number of halogens is 3. The number of nitrogens with one attached hydrogen (secondary N) is 1. The van der Waals surface area contributed by atoms with Crippen molar-refractivity contribution in [3.05, 3.63) is 60.3 Å². The Bertz CT molecular complexity index is 1210. The maximum Gasteiger partial charge on any atom is 0.419 e. The highest BCUT2D eigenvalue weighted by molar-refractivity contribution is 7.93. The molecule has 4 rings (SSSR count). The summed E-state index contributed by atoms with van der Waals surface area (Å²) >= 11 is 0. The molecule has 2 heterocycles. The fraction of sp³-hybridized carbons (Fsp3) is 0.286. The largest absolute Gasteiger partial charge is 0.488 e. The molecule has 10 heteroatoms. The van der Waals surface area contributed by atoms with Crippen LogP contribution in [0.1, 0.15) is 12.0 Å². The van der Waals surface area contributed by atoms with E-state index in [0.717, 1.165) is 18.2 Å². The number of anilines is 1. The van der Waals surface area contributed by atoms with Gasteiger partial charge >= 0.3 is 6.18 Å². The molecule has 1 fully saturated rings. The number of aromatic nitrogens is 1. The van der Waals surface area contributed by atoms with E-state index in [1.54, 1.807) is 24.3 Å². The Labute approximate surface area is 177 Å². The highest BCUT2D eigenvalue weighted by Gasteiger charge is 2.36. The Morgan fingerprint density at radius 1 is 1.16 bits per heavy atom. The molecule has 0 unspecified atom stereocenters. The van der Waals surface area contributed by atoms with Crippen LogP contribution in [0.2, 0.25) is 0 Å². The summed E-state index contributed by atoms with van der Waals surface area (Å²) in [5.41, 5.74) is -0.700. The predicted octanol–water partition coefficient (Wildman–Crippen LogP) is 4.14. The van der Waals surface area contributed by atoms with Crippen molar-refractivity contribution >= 4 is 26.6 Å². The Balaban J connectivity index is 1.68. The lowest BCUT2D eigenvalue weighted by molar-refractivity contribution is -0.139. The summed E-state index contributed by atoms with van der Waals surface area (Å²) in [6.07, 6.45) is -2.97. The number of pyridine rings is 1. The van der Waals surface area contributed by atoms with Crippen molar-refractivity contribution < 1.29 is 26.3 Å². The summed E-state index contributed by atoms with van der Waals surface area (Å²) < 4.78 is 74.3. The molecule has 0 radical (unpaired) electrons. The number of alkyl halides is 3. The number of rotatable bonds is 5. The summed E-state index contributed by atoms with van der Waals surface area (Å²) in [6.45, 7) is 1.21. The highest BCUT2D eigenvalue weighted by atomic mass is 32.2. The van der Waals surface area contributed by atoms with E-state index >= 15 is 0 Å². The normalized spacial score (nSPS) is 17.7. The van der Waals surface area contributed by atoms with Gasteiger partial charge in [-0.05, 0) is 37.7 Å². The second-order valence-corrected chi connectivity index (χ2v) is 9.09. The van der Waals surface area contributed by atoms with Gasteiger partial charge in [0.2, 0.25) is 0 Å². The number of likely N-dealkylation sites (tertiary alicyclic amines) is 1. The summed E-state index contributed by atoms with van der Waals surface area (Å²) in [5, 5.41) is 0.632. The third-order valence-corrected chi connectivity index (χ3v) is 6.48. The number of likely N-dealkylation sites (N-methyl/N-ethyl adjacent to an activating group) is 1. The molecule has 6 nitrogen and oxygen atoms in total. The minimum atomic E-state index is -4.63. The van der Waals surface area contributed by atoms with Gasteiger partial charge in [0, 0.05) is 30.7 Å². The number of hydrogen-bond acceptors (Lipinski definition) is 5. The zero-order valence-electron chi connectivity index (χ0n) is 16.6.